The molecule has 1 aromatic rings. The zero-order chi connectivity index (χ0) is 17.4. The van der Waals surface area contributed by atoms with Crippen LogP contribution in [0, 0.1) is 0 Å². The van der Waals surface area contributed by atoms with E-state index in [1.165, 1.54) is 0 Å². The Morgan fingerprint density at radius 1 is 1.33 bits per heavy atom. The molecule has 0 saturated carbocycles. The lowest BCUT2D eigenvalue weighted by Crippen LogP contribution is -2.53. The highest BCUT2D eigenvalue weighted by Crippen LogP contribution is 2.48. The fraction of sp³-hybridized carbons (Fsp3) is 0.550. The zero-order valence-corrected chi connectivity index (χ0v) is 14.9. The molecule has 2 heterocycles. The second-order valence-electron chi connectivity index (χ2n) is 7.87. The van der Waals surface area contributed by atoms with Crippen molar-refractivity contribution in [1.29, 1.82) is 0 Å². The van der Waals surface area contributed by atoms with Gasteiger partial charge >= 0.3 is 6.09 Å². The van der Waals surface area contributed by atoms with E-state index in [4.69, 9.17) is 9.47 Å². The first-order valence-electron chi connectivity index (χ1n) is 8.66. The van der Waals surface area contributed by atoms with Gasteiger partial charge in [-0.1, -0.05) is 36.9 Å². The van der Waals surface area contributed by atoms with Gasteiger partial charge in [-0.3, -0.25) is 4.90 Å². The SMILES string of the molecule is C=C1CO[C@@]2(CCCN(C(=O)OC(C)(C)C)[C@H]2c2ccccc2)C1. The molecule has 2 aliphatic heterocycles. The van der Waals surface area contributed by atoms with Crippen LogP contribution in [0.1, 0.15) is 51.6 Å². The molecule has 0 aliphatic carbocycles. The maximum atomic E-state index is 12.8. The van der Waals surface area contributed by atoms with E-state index in [1.54, 1.807) is 0 Å². The smallest absolute Gasteiger partial charge is 0.410 e. The van der Waals surface area contributed by atoms with E-state index in [2.05, 4.69) is 18.7 Å². The lowest BCUT2D eigenvalue weighted by atomic mass is 9.78. The average molecular weight is 329 g/mol. The molecular formula is C20H27NO3. The van der Waals surface area contributed by atoms with Crippen molar-refractivity contribution in [2.75, 3.05) is 13.2 Å². The van der Waals surface area contributed by atoms with Crippen LogP contribution in [0.15, 0.2) is 42.5 Å². The molecule has 2 atom stereocenters. The third kappa shape index (κ3) is 3.34. The molecule has 4 nitrogen and oxygen atoms in total. The Labute approximate surface area is 144 Å². The van der Waals surface area contributed by atoms with Crippen LogP contribution in [-0.4, -0.2) is 35.3 Å². The van der Waals surface area contributed by atoms with E-state index in [1.807, 2.05) is 43.9 Å². The molecule has 130 valence electrons. The van der Waals surface area contributed by atoms with Gasteiger partial charge in [0.1, 0.15) is 5.60 Å². The Bertz CT molecular complexity index is 620. The first kappa shape index (κ1) is 17.0. The summed E-state index contributed by atoms with van der Waals surface area (Å²) in [7, 11) is 0. The van der Waals surface area contributed by atoms with Crippen molar-refractivity contribution in [2.24, 2.45) is 0 Å². The van der Waals surface area contributed by atoms with Crippen LogP contribution in [0.4, 0.5) is 4.79 Å². The normalized spacial score (nSPS) is 27.5. The van der Waals surface area contributed by atoms with Gasteiger partial charge in [-0.2, -0.15) is 0 Å². The fourth-order valence-electron chi connectivity index (χ4n) is 3.84. The van der Waals surface area contributed by atoms with Crippen molar-refractivity contribution in [3.05, 3.63) is 48.0 Å². The summed E-state index contributed by atoms with van der Waals surface area (Å²) in [4.78, 5) is 14.7. The summed E-state index contributed by atoms with van der Waals surface area (Å²) >= 11 is 0. The number of carbonyl (C=O) groups is 1. The second-order valence-corrected chi connectivity index (χ2v) is 7.87. The van der Waals surface area contributed by atoms with Crippen molar-refractivity contribution in [2.45, 2.75) is 57.3 Å². The lowest BCUT2D eigenvalue weighted by molar-refractivity contribution is -0.0980. The maximum absolute atomic E-state index is 12.8. The van der Waals surface area contributed by atoms with Gasteiger partial charge in [0.05, 0.1) is 18.2 Å². The van der Waals surface area contributed by atoms with E-state index in [-0.39, 0.29) is 17.7 Å². The average Bonchev–Trinajstić information content (AvgIpc) is 2.87. The molecule has 0 aromatic heterocycles. The molecule has 0 unspecified atom stereocenters. The molecule has 2 saturated heterocycles. The first-order valence-corrected chi connectivity index (χ1v) is 8.66. The van der Waals surface area contributed by atoms with E-state index in [0.29, 0.717) is 13.2 Å². The van der Waals surface area contributed by atoms with Gasteiger partial charge in [-0.05, 0) is 44.7 Å². The summed E-state index contributed by atoms with van der Waals surface area (Å²) < 4.78 is 11.9. The standard InChI is InChI=1S/C20H27NO3/c1-15-13-20(23-14-15)11-8-12-21(18(22)24-19(2,3)4)17(20)16-9-6-5-7-10-16/h5-7,9-10,17H,1,8,11-14H2,2-4H3/t17-,20-/m0/s1. The van der Waals surface area contributed by atoms with Crippen molar-refractivity contribution < 1.29 is 14.3 Å². The minimum absolute atomic E-state index is 0.137. The monoisotopic (exact) mass is 329 g/mol. The van der Waals surface area contributed by atoms with E-state index in [9.17, 15) is 4.79 Å². The Morgan fingerprint density at radius 2 is 2.04 bits per heavy atom. The van der Waals surface area contributed by atoms with E-state index >= 15 is 0 Å². The quantitative estimate of drug-likeness (QED) is 0.713. The predicted molar refractivity (Wildman–Crippen MR) is 93.8 cm³/mol. The summed E-state index contributed by atoms with van der Waals surface area (Å²) in [6, 6.07) is 10.0. The number of benzene rings is 1. The van der Waals surface area contributed by atoms with Gasteiger partial charge in [0.2, 0.25) is 0 Å². The number of likely N-dealkylation sites (tertiary alicyclic amines) is 1. The summed E-state index contributed by atoms with van der Waals surface area (Å²) in [6.07, 6.45) is 2.38. The highest BCUT2D eigenvalue weighted by Gasteiger charge is 2.51. The van der Waals surface area contributed by atoms with Crippen molar-refractivity contribution in [3.8, 4) is 0 Å². The van der Waals surface area contributed by atoms with Crippen LogP contribution >= 0.6 is 0 Å². The maximum Gasteiger partial charge on any atom is 0.410 e. The van der Waals surface area contributed by atoms with Crippen LogP contribution < -0.4 is 0 Å². The molecule has 0 radical (unpaired) electrons. The molecule has 2 aliphatic rings. The predicted octanol–water partition coefficient (Wildman–Crippen LogP) is 4.47. The zero-order valence-electron chi connectivity index (χ0n) is 14.9. The number of carbonyl (C=O) groups excluding carboxylic acids is 1. The second kappa shape index (κ2) is 6.25. The molecule has 0 bridgehead atoms. The van der Waals surface area contributed by atoms with Crippen LogP contribution in [-0.2, 0) is 9.47 Å². The fourth-order valence-corrected chi connectivity index (χ4v) is 3.84. The summed E-state index contributed by atoms with van der Waals surface area (Å²) in [6.45, 7) is 11.1. The van der Waals surface area contributed by atoms with Crippen molar-refractivity contribution in [3.63, 3.8) is 0 Å². The molecule has 1 amide bonds. The third-order valence-corrected chi connectivity index (χ3v) is 4.67. The summed E-state index contributed by atoms with van der Waals surface area (Å²) in [5.41, 5.74) is 1.30. The van der Waals surface area contributed by atoms with Gasteiger partial charge in [0.25, 0.3) is 0 Å². The summed E-state index contributed by atoms with van der Waals surface area (Å²) in [5.74, 6) is 0. The minimum atomic E-state index is -0.511. The third-order valence-electron chi connectivity index (χ3n) is 4.67. The Hall–Kier alpha value is -1.81. The van der Waals surface area contributed by atoms with E-state index in [0.717, 1.165) is 30.4 Å². The molecule has 1 aromatic carbocycles. The number of amides is 1. The van der Waals surface area contributed by atoms with Crippen LogP contribution in [0.5, 0.6) is 0 Å². The van der Waals surface area contributed by atoms with Crippen LogP contribution in [0.2, 0.25) is 0 Å². The largest absolute Gasteiger partial charge is 0.444 e. The Kier molecular flexibility index (Phi) is 4.43. The van der Waals surface area contributed by atoms with Gasteiger partial charge in [0, 0.05) is 13.0 Å². The molecule has 2 fully saturated rings. The molecular weight excluding hydrogens is 302 g/mol. The highest BCUT2D eigenvalue weighted by atomic mass is 16.6. The van der Waals surface area contributed by atoms with Crippen molar-refractivity contribution >= 4 is 6.09 Å². The van der Waals surface area contributed by atoms with Gasteiger partial charge in [-0.15, -0.1) is 0 Å². The first-order chi connectivity index (χ1) is 11.3. The number of rotatable bonds is 1. The van der Waals surface area contributed by atoms with Crippen LogP contribution in [0.3, 0.4) is 0 Å². The number of piperidine rings is 1. The van der Waals surface area contributed by atoms with Crippen molar-refractivity contribution in [1.82, 2.24) is 4.90 Å². The van der Waals surface area contributed by atoms with Crippen LogP contribution in [0.25, 0.3) is 0 Å². The van der Waals surface area contributed by atoms with Gasteiger partial charge < -0.3 is 9.47 Å². The van der Waals surface area contributed by atoms with Gasteiger partial charge in [0.15, 0.2) is 0 Å². The molecule has 3 rings (SSSR count). The molecule has 24 heavy (non-hydrogen) atoms. The van der Waals surface area contributed by atoms with E-state index < -0.39 is 5.60 Å². The number of hydrogen-bond donors (Lipinski definition) is 0. The topological polar surface area (TPSA) is 38.8 Å². The molecule has 1 spiro atoms. The molecule has 4 heteroatoms. The minimum Gasteiger partial charge on any atom is -0.444 e. The Morgan fingerprint density at radius 3 is 2.62 bits per heavy atom. The lowest BCUT2D eigenvalue weighted by Gasteiger charge is -2.47. The van der Waals surface area contributed by atoms with Gasteiger partial charge in [-0.25, -0.2) is 4.79 Å². The number of nitrogens with zero attached hydrogens (tertiary/aromatic N) is 1. The highest BCUT2D eigenvalue weighted by molar-refractivity contribution is 5.69. The number of hydrogen-bond acceptors (Lipinski definition) is 3. The number of ether oxygens (including phenoxy) is 2. The summed E-state index contributed by atoms with van der Waals surface area (Å²) in [5, 5.41) is 0. The molecule has 0 N–H and O–H groups in total. The Balaban J connectivity index is 1.97.